The lowest BCUT2D eigenvalue weighted by Crippen LogP contribution is -2.04. The minimum absolute atomic E-state index is 0.303. The third-order valence-corrected chi connectivity index (χ3v) is 3.19. The van der Waals surface area contributed by atoms with Crippen molar-refractivity contribution in [2.75, 3.05) is 5.73 Å². The van der Waals surface area contributed by atoms with Crippen LogP contribution in [0.4, 0.5) is 5.95 Å². The number of hydrogen-bond acceptors (Lipinski definition) is 4. The summed E-state index contributed by atoms with van der Waals surface area (Å²) in [5.41, 5.74) is 6.68. The molecule has 86 valence electrons. The summed E-state index contributed by atoms with van der Waals surface area (Å²) >= 11 is 3.44. The Balaban J connectivity index is 2.07. The van der Waals surface area contributed by atoms with Crippen LogP contribution in [0.15, 0.2) is 28.7 Å². The highest BCUT2D eigenvalue weighted by Crippen LogP contribution is 2.38. The Hall–Kier alpha value is -1.49. The second-order valence-electron chi connectivity index (χ2n) is 4.16. The maximum atomic E-state index is 5.73. The number of aromatic nitrogens is 3. The average Bonchev–Trinajstić information content (AvgIpc) is 3.12. The van der Waals surface area contributed by atoms with Gasteiger partial charge in [-0.25, -0.2) is 4.98 Å². The molecule has 0 bridgehead atoms. The van der Waals surface area contributed by atoms with Crippen LogP contribution in [0, 0.1) is 0 Å². The Kier molecular flexibility index (Phi) is 2.55. The lowest BCUT2D eigenvalue weighted by Gasteiger charge is -2.04. The number of nitrogen functional groups attached to an aromatic ring is 1. The van der Waals surface area contributed by atoms with Crippen LogP contribution >= 0.6 is 15.9 Å². The van der Waals surface area contributed by atoms with Crippen molar-refractivity contribution in [3.05, 3.63) is 34.6 Å². The first-order chi connectivity index (χ1) is 8.22. The van der Waals surface area contributed by atoms with Gasteiger partial charge in [0, 0.05) is 16.0 Å². The zero-order chi connectivity index (χ0) is 11.8. The van der Waals surface area contributed by atoms with Crippen LogP contribution in [0.5, 0.6) is 0 Å². The number of rotatable bonds is 2. The SMILES string of the molecule is Nc1nc(-c2cccc(Br)c2)nc(C2CC2)n1. The van der Waals surface area contributed by atoms with E-state index in [-0.39, 0.29) is 0 Å². The molecule has 0 amide bonds. The molecule has 5 heteroatoms. The molecule has 1 heterocycles. The number of nitrogens with two attached hydrogens (primary N) is 1. The molecular formula is C12H11BrN4. The monoisotopic (exact) mass is 290 g/mol. The summed E-state index contributed by atoms with van der Waals surface area (Å²) in [5.74, 6) is 2.26. The Morgan fingerprint density at radius 2 is 2.00 bits per heavy atom. The number of nitrogens with zero attached hydrogens (tertiary/aromatic N) is 3. The van der Waals surface area contributed by atoms with Crippen molar-refractivity contribution in [2.24, 2.45) is 0 Å². The van der Waals surface area contributed by atoms with Gasteiger partial charge in [0.2, 0.25) is 5.95 Å². The van der Waals surface area contributed by atoms with E-state index < -0.39 is 0 Å². The molecule has 1 aromatic carbocycles. The standard InChI is InChI=1S/C12H11BrN4/c13-9-3-1-2-8(6-9)11-15-10(7-4-5-7)16-12(14)17-11/h1-3,6-7H,4-5H2,(H2,14,15,16,17). The number of halogens is 1. The fourth-order valence-electron chi connectivity index (χ4n) is 1.69. The zero-order valence-electron chi connectivity index (χ0n) is 9.10. The molecule has 0 spiro atoms. The summed E-state index contributed by atoms with van der Waals surface area (Å²) in [4.78, 5) is 12.9. The van der Waals surface area contributed by atoms with Crippen LogP contribution in [0.2, 0.25) is 0 Å². The Bertz CT molecular complexity index is 566. The molecule has 0 aliphatic heterocycles. The highest BCUT2D eigenvalue weighted by molar-refractivity contribution is 9.10. The van der Waals surface area contributed by atoms with Crippen molar-refractivity contribution < 1.29 is 0 Å². The van der Waals surface area contributed by atoms with Crippen molar-refractivity contribution >= 4 is 21.9 Å². The number of hydrogen-bond donors (Lipinski definition) is 1. The smallest absolute Gasteiger partial charge is 0.223 e. The molecule has 3 rings (SSSR count). The highest BCUT2D eigenvalue weighted by atomic mass is 79.9. The predicted molar refractivity (Wildman–Crippen MR) is 69.4 cm³/mol. The molecule has 0 saturated heterocycles. The molecule has 17 heavy (non-hydrogen) atoms. The molecule has 2 N–H and O–H groups in total. The maximum absolute atomic E-state index is 5.73. The van der Waals surface area contributed by atoms with Crippen molar-refractivity contribution in [3.8, 4) is 11.4 Å². The van der Waals surface area contributed by atoms with E-state index in [1.807, 2.05) is 24.3 Å². The molecule has 1 aliphatic rings. The van der Waals surface area contributed by atoms with Crippen LogP contribution in [0.1, 0.15) is 24.6 Å². The summed E-state index contributed by atoms with van der Waals surface area (Å²) in [6, 6.07) is 7.87. The van der Waals surface area contributed by atoms with Crippen molar-refractivity contribution in [2.45, 2.75) is 18.8 Å². The van der Waals surface area contributed by atoms with E-state index >= 15 is 0 Å². The van der Waals surface area contributed by atoms with Crippen molar-refractivity contribution in [1.29, 1.82) is 0 Å². The third kappa shape index (κ3) is 2.29. The molecule has 1 fully saturated rings. The van der Waals surface area contributed by atoms with E-state index in [1.54, 1.807) is 0 Å². The van der Waals surface area contributed by atoms with Crippen molar-refractivity contribution in [3.63, 3.8) is 0 Å². The lowest BCUT2D eigenvalue weighted by atomic mass is 10.2. The first kappa shape index (κ1) is 10.7. The first-order valence-corrected chi connectivity index (χ1v) is 6.29. The largest absolute Gasteiger partial charge is 0.368 e. The van der Waals surface area contributed by atoms with Gasteiger partial charge in [-0.2, -0.15) is 9.97 Å². The topological polar surface area (TPSA) is 64.7 Å². The van der Waals surface area contributed by atoms with E-state index in [2.05, 4.69) is 30.9 Å². The van der Waals surface area contributed by atoms with Crippen LogP contribution in [-0.2, 0) is 0 Å². The summed E-state index contributed by atoms with van der Waals surface area (Å²) in [7, 11) is 0. The minimum Gasteiger partial charge on any atom is -0.368 e. The van der Waals surface area contributed by atoms with Crippen molar-refractivity contribution in [1.82, 2.24) is 15.0 Å². The lowest BCUT2D eigenvalue weighted by molar-refractivity contribution is 0.902. The van der Waals surface area contributed by atoms with Gasteiger partial charge in [0.05, 0.1) is 0 Å². The van der Waals surface area contributed by atoms with Crippen LogP contribution in [0.25, 0.3) is 11.4 Å². The van der Waals surface area contributed by atoms with E-state index in [0.29, 0.717) is 17.7 Å². The quantitative estimate of drug-likeness (QED) is 0.924. The Morgan fingerprint density at radius 3 is 2.71 bits per heavy atom. The van der Waals surface area contributed by atoms with Crippen LogP contribution < -0.4 is 5.73 Å². The summed E-state index contributed by atoms with van der Waals surface area (Å²) < 4.78 is 1.00. The molecular weight excluding hydrogens is 280 g/mol. The number of anilines is 1. The van der Waals surface area contributed by atoms with Gasteiger partial charge in [0.15, 0.2) is 5.82 Å². The molecule has 0 radical (unpaired) electrons. The number of benzene rings is 1. The molecule has 0 atom stereocenters. The minimum atomic E-state index is 0.303. The van der Waals surface area contributed by atoms with Gasteiger partial charge < -0.3 is 5.73 Å². The highest BCUT2D eigenvalue weighted by Gasteiger charge is 2.27. The van der Waals surface area contributed by atoms with E-state index in [9.17, 15) is 0 Å². The molecule has 2 aromatic rings. The van der Waals surface area contributed by atoms with Gasteiger partial charge in [-0.3, -0.25) is 0 Å². The maximum Gasteiger partial charge on any atom is 0.223 e. The molecule has 1 aliphatic carbocycles. The fourth-order valence-corrected chi connectivity index (χ4v) is 2.09. The first-order valence-electron chi connectivity index (χ1n) is 5.50. The summed E-state index contributed by atoms with van der Waals surface area (Å²) in [5, 5.41) is 0. The second-order valence-corrected chi connectivity index (χ2v) is 5.08. The normalized spacial score (nSPS) is 14.9. The van der Waals surface area contributed by atoms with Gasteiger partial charge in [0.25, 0.3) is 0 Å². The van der Waals surface area contributed by atoms with E-state index in [1.165, 1.54) is 0 Å². The molecule has 1 aromatic heterocycles. The van der Waals surface area contributed by atoms with Gasteiger partial charge in [0.1, 0.15) is 5.82 Å². The summed E-state index contributed by atoms with van der Waals surface area (Å²) in [6.45, 7) is 0. The van der Waals surface area contributed by atoms with E-state index in [4.69, 9.17) is 5.73 Å². The van der Waals surface area contributed by atoms with E-state index in [0.717, 1.165) is 28.7 Å². The zero-order valence-corrected chi connectivity index (χ0v) is 10.7. The average molecular weight is 291 g/mol. The molecule has 4 nitrogen and oxygen atoms in total. The Labute approximate surface area is 107 Å². The van der Waals surface area contributed by atoms with Crippen LogP contribution in [0.3, 0.4) is 0 Å². The third-order valence-electron chi connectivity index (χ3n) is 2.70. The summed E-state index contributed by atoms with van der Waals surface area (Å²) in [6.07, 6.45) is 2.31. The Morgan fingerprint density at radius 1 is 1.18 bits per heavy atom. The van der Waals surface area contributed by atoms with Gasteiger partial charge in [-0.15, -0.1) is 0 Å². The molecule has 1 saturated carbocycles. The second kappa shape index (κ2) is 4.07. The van der Waals surface area contributed by atoms with Gasteiger partial charge >= 0.3 is 0 Å². The van der Waals surface area contributed by atoms with Gasteiger partial charge in [-0.05, 0) is 25.0 Å². The van der Waals surface area contributed by atoms with Crippen LogP contribution in [-0.4, -0.2) is 15.0 Å². The van der Waals surface area contributed by atoms with Gasteiger partial charge in [-0.1, -0.05) is 28.1 Å². The predicted octanol–water partition coefficient (Wildman–Crippen LogP) is 2.76. The fraction of sp³-hybridized carbons (Fsp3) is 0.250. The molecule has 0 unspecified atom stereocenters.